The lowest BCUT2D eigenvalue weighted by molar-refractivity contribution is 0.237. The third-order valence-corrected chi connectivity index (χ3v) is 3.04. The van der Waals surface area contributed by atoms with Gasteiger partial charge in [-0.15, -0.1) is 0 Å². The number of urea groups is 1. The molecule has 1 aliphatic rings. The third kappa shape index (κ3) is 1.53. The van der Waals surface area contributed by atoms with Crippen molar-refractivity contribution in [2.75, 3.05) is 0 Å². The van der Waals surface area contributed by atoms with Crippen LogP contribution in [0.3, 0.4) is 0 Å². The highest BCUT2D eigenvalue weighted by molar-refractivity contribution is 5.74. The van der Waals surface area contributed by atoms with Gasteiger partial charge in [0.25, 0.3) is 0 Å². The average Bonchev–Trinajstić information content (AvgIpc) is 2.63. The van der Waals surface area contributed by atoms with Crippen LogP contribution >= 0.6 is 0 Å². The molecule has 0 aromatic carbocycles. The summed E-state index contributed by atoms with van der Waals surface area (Å²) >= 11 is 0. The first-order valence-corrected chi connectivity index (χ1v) is 4.28. The average molecular weight is 171 g/mol. The molecule has 2 amide bonds. The van der Waals surface area contributed by atoms with Crippen LogP contribution in [0.2, 0.25) is 0 Å². The molecule has 0 saturated heterocycles. The van der Waals surface area contributed by atoms with E-state index in [1.165, 1.54) is 0 Å². The highest BCUT2D eigenvalue weighted by atomic mass is 16.2. The number of carbonyl (C=O) groups excluding carboxylic acids is 1. The molecule has 1 rings (SSSR count). The summed E-state index contributed by atoms with van der Waals surface area (Å²) in [5, 5.41) is 2.80. The molecule has 4 N–H and O–H groups in total. The molecule has 0 aromatic heterocycles. The Balaban J connectivity index is 2.37. The minimum atomic E-state index is -0.288. The molecule has 0 aromatic rings. The largest absolute Gasteiger partial charge is 0.334 e. The number of hydrogen-bond donors (Lipinski definition) is 3. The zero-order valence-electron chi connectivity index (χ0n) is 7.85. The summed E-state index contributed by atoms with van der Waals surface area (Å²) in [6.07, 6.45) is 1.05. The molecule has 0 aliphatic heterocycles. The lowest BCUT2D eigenvalue weighted by atomic mass is 9.94. The van der Waals surface area contributed by atoms with E-state index in [0.29, 0.717) is 12.0 Å². The Morgan fingerprint density at radius 3 is 2.58 bits per heavy atom. The fourth-order valence-electron chi connectivity index (χ4n) is 1.43. The number of amides is 2. The van der Waals surface area contributed by atoms with Crippen molar-refractivity contribution in [3.05, 3.63) is 0 Å². The topological polar surface area (TPSA) is 67.2 Å². The van der Waals surface area contributed by atoms with Gasteiger partial charge < -0.3 is 5.32 Å². The predicted molar refractivity (Wildman–Crippen MR) is 47.2 cm³/mol. The second kappa shape index (κ2) is 2.94. The van der Waals surface area contributed by atoms with Crippen molar-refractivity contribution < 1.29 is 4.79 Å². The molecular weight excluding hydrogens is 154 g/mol. The van der Waals surface area contributed by atoms with Crippen molar-refractivity contribution in [1.82, 2.24) is 10.7 Å². The van der Waals surface area contributed by atoms with Gasteiger partial charge in [-0.3, -0.25) is 5.43 Å². The first-order chi connectivity index (χ1) is 5.50. The Morgan fingerprint density at radius 2 is 2.25 bits per heavy atom. The van der Waals surface area contributed by atoms with E-state index in [2.05, 4.69) is 31.5 Å². The Hall–Kier alpha value is -0.770. The number of carbonyl (C=O) groups is 1. The lowest BCUT2D eigenvalue weighted by Gasteiger charge is -2.15. The van der Waals surface area contributed by atoms with Crippen molar-refractivity contribution in [2.45, 2.75) is 33.2 Å². The summed E-state index contributed by atoms with van der Waals surface area (Å²) in [6.45, 7) is 6.52. The SMILES string of the molecule is CC(C)C1(C)CC1NC(=O)NN. The summed E-state index contributed by atoms with van der Waals surface area (Å²) in [5.74, 6) is 5.55. The minimum Gasteiger partial charge on any atom is -0.334 e. The number of hydrogen-bond acceptors (Lipinski definition) is 2. The normalized spacial score (nSPS) is 33.2. The maximum absolute atomic E-state index is 10.8. The molecule has 0 heterocycles. The summed E-state index contributed by atoms with van der Waals surface area (Å²) in [5.41, 5.74) is 2.33. The zero-order valence-corrected chi connectivity index (χ0v) is 7.85. The van der Waals surface area contributed by atoms with Gasteiger partial charge in [-0.1, -0.05) is 20.8 Å². The van der Waals surface area contributed by atoms with Crippen LogP contribution in [-0.2, 0) is 0 Å². The van der Waals surface area contributed by atoms with Crippen LogP contribution in [0, 0.1) is 11.3 Å². The molecule has 0 bridgehead atoms. The molecule has 70 valence electrons. The maximum atomic E-state index is 10.8. The molecule has 2 unspecified atom stereocenters. The highest BCUT2D eigenvalue weighted by Gasteiger charge is 2.52. The van der Waals surface area contributed by atoms with Gasteiger partial charge in [0.15, 0.2) is 0 Å². The number of nitrogens with two attached hydrogens (primary N) is 1. The third-order valence-electron chi connectivity index (χ3n) is 3.04. The summed E-state index contributed by atoms with van der Waals surface area (Å²) < 4.78 is 0. The van der Waals surface area contributed by atoms with Crippen LogP contribution in [0.1, 0.15) is 27.2 Å². The van der Waals surface area contributed by atoms with Crippen molar-refractivity contribution in [3.8, 4) is 0 Å². The van der Waals surface area contributed by atoms with E-state index in [1.807, 2.05) is 0 Å². The van der Waals surface area contributed by atoms with Crippen LogP contribution in [0.5, 0.6) is 0 Å². The van der Waals surface area contributed by atoms with Gasteiger partial charge in [-0.05, 0) is 17.8 Å². The van der Waals surface area contributed by atoms with Gasteiger partial charge in [0.2, 0.25) is 0 Å². The van der Waals surface area contributed by atoms with Crippen molar-refractivity contribution in [2.24, 2.45) is 17.2 Å². The Labute approximate surface area is 72.9 Å². The van der Waals surface area contributed by atoms with Crippen molar-refractivity contribution in [3.63, 3.8) is 0 Å². The molecule has 1 aliphatic carbocycles. The molecule has 1 fully saturated rings. The fourth-order valence-corrected chi connectivity index (χ4v) is 1.43. The van der Waals surface area contributed by atoms with E-state index in [0.717, 1.165) is 6.42 Å². The number of nitrogens with one attached hydrogen (secondary N) is 2. The van der Waals surface area contributed by atoms with Gasteiger partial charge in [-0.2, -0.15) is 0 Å². The molecule has 1 saturated carbocycles. The highest BCUT2D eigenvalue weighted by Crippen LogP contribution is 2.51. The number of rotatable bonds is 2. The summed E-state index contributed by atoms with van der Waals surface area (Å²) in [7, 11) is 0. The fraction of sp³-hybridized carbons (Fsp3) is 0.875. The molecule has 2 atom stereocenters. The van der Waals surface area contributed by atoms with Gasteiger partial charge in [0, 0.05) is 6.04 Å². The van der Waals surface area contributed by atoms with Gasteiger partial charge in [-0.25, -0.2) is 10.6 Å². The van der Waals surface area contributed by atoms with Crippen LogP contribution in [0.4, 0.5) is 4.79 Å². The summed E-state index contributed by atoms with van der Waals surface area (Å²) in [6, 6.07) is 0.00502. The predicted octanol–water partition coefficient (Wildman–Crippen LogP) is 0.594. The van der Waals surface area contributed by atoms with Crippen LogP contribution < -0.4 is 16.6 Å². The standard InChI is InChI=1S/C8H17N3O/c1-5(2)8(3)4-6(8)10-7(12)11-9/h5-6H,4,9H2,1-3H3,(H2,10,11,12). The lowest BCUT2D eigenvalue weighted by Crippen LogP contribution is -2.42. The maximum Gasteiger partial charge on any atom is 0.329 e. The molecule has 0 radical (unpaired) electrons. The Morgan fingerprint density at radius 1 is 1.67 bits per heavy atom. The monoisotopic (exact) mass is 171 g/mol. The van der Waals surface area contributed by atoms with E-state index in [9.17, 15) is 4.79 Å². The van der Waals surface area contributed by atoms with Crippen LogP contribution in [-0.4, -0.2) is 12.1 Å². The first-order valence-electron chi connectivity index (χ1n) is 4.28. The molecule has 4 heteroatoms. The summed E-state index contributed by atoms with van der Waals surface area (Å²) in [4.78, 5) is 10.8. The second-order valence-corrected chi connectivity index (χ2v) is 4.04. The Kier molecular flexibility index (Phi) is 2.28. The van der Waals surface area contributed by atoms with E-state index in [1.54, 1.807) is 0 Å². The number of hydrazine groups is 1. The van der Waals surface area contributed by atoms with Gasteiger partial charge >= 0.3 is 6.03 Å². The molecule has 0 spiro atoms. The van der Waals surface area contributed by atoms with E-state index in [-0.39, 0.29) is 11.4 Å². The quantitative estimate of drug-likeness (QED) is 0.323. The molecule has 12 heavy (non-hydrogen) atoms. The molecular formula is C8H17N3O. The van der Waals surface area contributed by atoms with Crippen molar-refractivity contribution >= 4 is 6.03 Å². The van der Waals surface area contributed by atoms with Gasteiger partial charge in [0.05, 0.1) is 0 Å². The van der Waals surface area contributed by atoms with Crippen LogP contribution in [0.25, 0.3) is 0 Å². The first kappa shape index (κ1) is 9.32. The minimum absolute atomic E-state index is 0.270. The second-order valence-electron chi connectivity index (χ2n) is 4.04. The van der Waals surface area contributed by atoms with Crippen LogP contribution in [0.15, 0.2) is 0 Å². The zero-order chi connectivity index (χ0) is 9.35. The van der Waals surface area contributed by atoms with E-state index < -0.39 is 0 Å². The smallest absolute Gasteiger partial charge is 0.329 e. The Bertz CT molecular complexity index is 193. The van der Waals surface area contributed by atoms with Crippen molar-refractivity contribution in [1.29, 1.82) is 0 Å². The van der Waals surface area contributed by atoms with E-state index >= 15 is 0 Å². The van der Waals surface area contributed by atoms with E-state index in [4.69, 9.17) is 5.84 Å². The molecule has 4 nitrogen and oxygen atoms in total. The van der Waals surface area contributed by atoms with Gasteiger partial charge in [0.1, 0.15) is 0 Å².